The monoisotopic (exact) mass is 287 g/mol. The quantitative estimate of drug-likeness (QED) is 0.714. The Kier molecular flexibility index (Phi) is 3.44. The minimum absolute atomic E-state index is 0.341. The Balaban J connectivity index is 1.91. The zero-order valence-corrected chi connectivity index (χ0v) is 12.1. The first-order chi connectivity index (χ1) is 9.24. The Bertz CT molecular complexity index is 721. The molecule has 0 aliphatic carbocycles. The van der Waals surface area contributed by atoms with Crippen molar-refractivity contribution in [1.29, 1.82) is 0 Å². The number of phenolic OH excluding ortho intramolecular Hbond substituents is 1. The van der Waals surface area contributed by atoms with Crippen LogP contribution in [0.3, 0.4) is 0 Å². The summed E-state index contributed by atoms with van der Waals surface area (Å²) in [6, 6.07) is 11.7. The maximum atomic E-state index is 9.87. The van der Waals surface area contributed by atoms with Crippen LogP contribution in [0.5, 0.6) is 5.75 Å². The Labute approximate surface area is 120 Å². The first-order valence-electron chi connectivity index (χ1n) is 5.99. The van der Waals surface area contributed by atoms with E-state index in [9.17, 15) is 5.11 Å². The van der Waals surface area contributed by atoms with Crippen molar-refractivity contribution in [3.8, 4) is 5.75 Å². The fourth-order valence-corrected chi connectivity index (χ4v) is 3.88. The highest BCUT2D eigenvalue weighted by molar-refractivity contribution is 7.98. The third-order valence-corrected chi connectivity index (χ3v) is 5.12. The van der Waals surface area contributed by atoms with Crippen molar-refractivity contribution < 1.29 is 5.11 Å². The van der Waals surface area contributed by atoms with Crippen LogP contribution in [0.15, 0.2) is 47.5 Å². The van der Waals surface area contributed by atoms with Crippen molar-refractivity contribution in [2.45, 2.75) is 17.6 Å². The fourth-order valence-electron chi connectivity index (χ4n) is 2.00. The molecule has 0 radical (unpaired) electrons. The number of benzene rings is 2. The van der Waals surface area contributed by atoms with Gasteiger partial charge in [0.15, 0.2) is 0 Å². The number of nitrogens with zero attached hydrogens (tertiary/aromatic N) is 1. The van der Waals surface area contributed by atoms with Gasteiger partial charge in [-0.05, 0) is 24.4 Å². The topological polar surface area (TPSA) is 33.1 Å². The lowest BCUT2D eigenvalue weighted by Crippen LogP contribution is -1.80. The molecule has 0 saturated heterocycles. The molecule has 0 fully saturated rings. The van der Waals surface area contributed by atoms with E-state index in [0.717, 1.165) is 21.5 Å². The zero-order chi connectivity index (χ0) is 13.2. The summed E-state index contributed by atoms with van der Waals surface area (Å²) in [4.78, 5) is 6.74. The number of fused-ring (bicyclic) bond motifs is 1. The van der Waals surface area contributed by atoms with Gasteiger partial charge >= 0.3 is 0 Å². The molecule has 1 N–H and O–H groups in total. The third kappa shape index (κ3) is 2.60. The maximum absolute atomic E-state index is 9.87. The van der Waals surface area contributed by atoms with Crippen molar-refractivity contribution in [3.63, 3.8) is 0 Å². The van der Waals surface area contributed by atoms with E-state index in [4.69, 9.17) is 0 Å². The zero-order valence-electron chi connectivity index (χ0n) is 10.5. The molecule has 0 aliphatic rings. The normalized spacial score (nSPS) is 11.0. The molecular weight excluding hydrogens is 274 g/mol. The van der Waals surface area contributed by atoms with Gasteiger partial charge in [0.1, 0.15) is 5.75 Å². The van der Waals surface area contributed by atoms with E-state index >= 15 is 0 Å². The summed E-state index contributed by atoms with van der Waals surface area (Å²) in [5, 5.41) is 13.0. The molecule has 0 atom stereocenters. The number of thioether (sulfide) groups is 1. The molecular formula is C15H13NOS2. The van der Waals surface area contributed by atoms with E-state index in [1.54, 1.807) is 29.2 Å². The SMILES string of the molecule is Cc1ncc(CSc2ccc(O)c3ccccc23)s1. The van der Waals surface area contributed by atoms with Gasteiger partial charge in [-0.25, -0.2) is 4.98 Å². The first-order valence-corrected chi connectivity index (χ1v) is 7.79. The number of hydrogen-bond donors (Lipinski definition) is 1. The molecule has 96 valence electrons. The van der Waals surface area contributed by atoms with Gasteiger partial charge in [-0.15, -0.1) is 23.1 Å². The minimum Gasteiger partial charge on any atom is -0.507 e. The number of hydrogen-bond acceptors (Lipinski definition) is 4. The van der Waals surface area contributed by atoms with E-state index in [1.165, 1.54) is 9.77 Å². The molecule has 4 heteroatoms. The standard InChI is InChI=1S/C15H13NOS2/c1-10-16-8-11(19-10)9-18-15-7-6-14(17)12-4-2-3-5-13(12)15/h2-8,17H,9H2,1H3. The highest BCUT2D eigenvalue weighted by Crippen LogP contribution is 2.35. The fraction of sp³-hybridized carbons (Fsp3) is 0.133. The van der Waals surface area contributed by atoms with Gasteiger partial charge in [0.25, 0.3) is 0 Å². The molecule has 1 aromatic heterocycles. The van der Waals surface area contributed by atoms with Gasteiger partial charge in [-0.2, -0.15) is 0 Å². The lowest BCUT2D eigenvalue weighted by atomic mass is 10.1. The Morgan fingerprint density at radius 2 is 1.95 bits per heavy atom. The third-order valence-electron chi connectivity index (χ3n) is 2.90. The second kappa shape index (κ2) is 5.23. The van der Waals surface area contributed by atoms with Crippen LogP contribution in [0.2, 0.25) is 0 Å². The summed E-state index contributed by atoms with van der Waals surface area (Å²) >= 11 is 3.52. The molecule has 0 unspecified atom stereocenters. The van der Waals surface area contributed by atoms with Crippen LogP contribution in [0.4, 0.5) is 0 Å². The summed E-state index contributed by atoms with van der Waals surface area (Å²) in [7, 11) is 0. The number of aromatic hydroxyl groups is 1. The van der Waals surface area contributed by atoms with E-state index in [0.29, 0.717) is 5.75 Å². The van der Waals surface area contributed by atoms with E-state index in [2.05, 4.69) is 11.1 Å². The Morgan fingerprint density at radius 1 is 1.16 bits per heavy atom. The predicted molar refractivity (Wildman–Crippen MR) is 82.0 cm³/mol. The summed E-state index contributed by atoms with van der Waals surface area (Å²) < 4.78 is 0. The van der Waals surface area contributed by atoms with Crippen LogP contribution in [0.25, 0.3) is 10.8 Å². The van der Waals surface area contributed by atoms with E-state index < -0.39 is 0 Å². The first kappa shape index (κ1) is 12.5. The Morgan fingerprint density at radius 3 is 2.68 bits per heavy atom. The average molecular weight is 287 g/mol. The molecule has 19 heavy (non-hydrogen) atoms. The molecule has 3 rings (SSSR count). The van der Waals surface area contributed by atoms with Crippen LogP contribution in [0, 0.1) is 6.92 Å². The summed E-state index contributed by atoms with van der Waals surface area (Å²) in [5.74, 6) is 1.26. The minimum atomic E-state index is 0.341. The molecule has 2 aromatic carbocycles. The van der Waals surface area contributed by atoms with Crippen LogP contribution in [-0.4, -0.2) is 10.1 Å². The molecule has 0 aliphatic heterocycles. The molecule has 1 heterocycles. The molecule has 0 saturated carbocycles. The summed E-state index contributed by atoms with van der Waals surface area (Å²) in [5.41, 5.74) is 0. The van der Waals surface area contributed by atoms with E-state index in [-0.39, 0.29) is 0 Å². The predicted octanol–water partition coefficient (Wildman–Crippen LogP) is 4.60. The average Bonchev–Trinajstić information content (AvgIpc) is 2.84. The van der Waals surface area contributed by atoms with Crippen molar-refractivity contribution in [1.82, 2.24) is 4.98 Å². The van der Waals surface area contributed by atoms with Gasteiger partial charge < -0.3 is 5.11 Å². The summed E-state index contributed by atoms with van der Waals surface area (Å²) in [6.45, 7) is 2.02. The van der Waals surface area contributed by atoms with Gasteiger partial charge in [0.2, 0.25) is 0 Å². The molecule has 0 bridgehead atoms. The molecule has 0 amide bonds. The number of aromatic nitrogens is 1. The van der Waals surface area contributed by atoms with Crippen LogP contribution in [-0.2, 0) is 5.75 Å². The second-order valence-electron chi connectivity index (χ2n) is 4.26. The van der Waals surface area contributed by atoms with Crippen LogP contribution >= 0.6 is 23.1 Å². The smallest absolute Gasteiger partial charge is 0.123 e. The van der Waals surface area contributed by atoms with Crippen LogP contribution in [0.1, 0.15) is 9.88 Å². The van der Waals surface area contributed by atoms with Gasteiger partial charge in [0.05, 0.1) is 5.01 Å². The lowest BCUT2D eigenvalue weighted by Gasteiger charge is -2.07. The number of phenols is 1. The molecule has 3 aromatic rings. The highest BCUT2D eigenvalue weighted by atomic mass is 32.2. The van der Waals surface area contributed by atoms with Crippen LogP contribution < -0.4 is 0 Å². The molecule has 0 spiro atoms. The summed E-state index contributed by atoms with van der Waals surface area (Å²) in [6.07, 6.45) is 1.94. The Hall–Kier alpha value is -1.52. The number of aryl methyl sites for hydroxylation is 1. The molecule has 2 nitrogen and oxygen atoms in total. The highest BCUT2D eigenvalue weighted by Gasteiger charge is 2.06. The van der Waals surface area contributed by atoms with Gasteiger partial charge in [-0.3, -0.25) is 0 Å². The van der Waals surface area contributed by atoms with Gasteiger partial charge in [-0.1, -0.05) is 24.3 Å². The van der Waals surface area contributed by atoms with Gasteiger partial charge in [0, 0.05) is 27.1 Å². The van der Waals surface area contributed by atoms with Crippen molar-refractivity contribution in [2.75, 3.05) is 0 Å². The number of rotatable bonds is 3. The van der Waals surface area contributed by atoms with Crippen molar-refractivity contribution >= 4 is 33.9 Å². The van der Waals surface area contributed by atoms with E-state index in [1.807, 2.05) is 37.4 Å². The van der Waals surface area contributed by atoms with Crippen molar-refractivity contribution in [2.24, 2.45) is 0 Å². The lowest BCUT2D eigenvalue weighted by molar-refractivity contribution is 0.481. The van der Waals surface area contributed by atoms with Crippen molar-refractivity contribution in [3.05, 3.63) is 52.5 Å². The largest absolute Gasteiger partial charge is 0.507 e. The maximum Gasteiger partial charge on any atom is 0.123 e. The second-order valence-corrected chi connectivity index (χ2v) is 6.60. The number of thiazole rings is 1.